The van der Waals surface area contributed by atoms with Crippen molar-refractivity contribution in [3.63, 3.8) is 0 Å². The third-order valence-corrected chi connectivity index (χ3v) is 3.76. The zero-order valence-electron chi connectivity index (χ0n) is 13.0. The molecule has 3 rings (SSSR count). The number of hydrogen-bond acceptors (Lipinski definition) is 6. The number of rotatable bonds is 2. The SMILES string of the molecule is COc1cc(OC)c2nnn(C(=O)N3COCC3(C)C)c2c1. The highest BCUT2D eigenvalue weighted by Gasteiger charge is 2.38. The Morgan fingerprint density at radius 2 is 2.09 bits per heavy atom. The highest BCUT2D eigenvalue weighted by molar-refractivity contribution is 5.91. The Morgan fingerprint density at radius 1 is 1.32 bits per heavy atom. The molecule has 0 N–H and O–H groups in total. The summed E-state index contributed by atoms with van der Waals surface area (Å²) >= 11 is 0. The number of amides is 1. The highest BCUT2D eigenvalue weighted by Crippen LogP contribution is 2.30. The lowest BCUT2D eigenvalue weighted by Crippen LogP contribution is -2.46. The van der Waals surface area contributed by atoms with Gasteiger partial charge < -0.3 is 14.2 Å². The molecule has 22 heavy (non-hydrogen) atoms. The van der Waals surface area contributed by atoms with Crippen molar-refractivity contribution in [1.82, 2.24) is 19.9 Å². The van der Waals surface area contributed by atoms with Gasteiger partial charge in [0.15, 0.2) is 11.3 Å². The normalized spacial score (nSPS) is 17.0. The summed E-state index contributed by atoms with van der Waals surface area (Å²) in [5.74, 6) is 1.07. The molecule has 0 unspecified atom stereocenters. The predicted molar refractivity (Wildman–Crippen MR) is 78.2 cm³/mol. The summed E-state index contributed by atoms with van der Waals surface area (Å²) in [5, 5.41) is 8.02. The van der Waals surface area contributed by atoms with Crippen molar-refractivity contribution in [1.29, 1.82) is 0 Å². The Hall–Kier alpha value is -2.35. The first-order valence-electron chi connectivity index (χ1n) is 6.85. The largest absolute Gasteiger partial charge is 0.497 e. The molecule has 1 saturated heterocycles. The van der Waals surface area contributed by atoms with Gasteiger partial charge in [0.05, 0.1) is 26.4 Å². The van der Waals surface area contributed by atoms with Crippen LogP contribution in [0, 0.1) is 0 Å². The Kier molecular flexibility index (Phi) is 3.40. The van der Waals surface area contributed by atoms with Crippen LogP contribution in [0.1, 0.15) is 13.8 Å². The first-order chi connectivity index (χ1) is 10.5. The number of ether oxygens (including phenoxy) is 3. The minimum atomic E-state index is -0.391. The second-order valence-electron chi connectivity index (χ2n) is 5.70. The van der Waals surface area contributed by atoms with E-state index in [0.717, 1.165) is 0 Å². The van der Waals surface area contributed by atoms with Gasteiger partial charge in [-0.3, -0.25) is 4.90 Å². The van der Waals surface area contributed by atoms with Crippen molar-refractivity contribution in [3.05, 3.63) is 12.1 Å². The van der Waals surface area contributed by atoms with Crippen molar-refractivity contribution in [2.75, 3.05) is 27.6 Å². The third kappa shape index (κ3) is 2.16. The van der Waals surface area contributed by atoms with E-state index in [1.807, 2.05) is 13.8 Å². The Morgan fingerprint density at radius 3 is 2.68 bits per heavy atom. The summed E-state index contributed by atoms with van der Waals surface area (Å²) in [5.41, 5.74) is 0.650. The average Bonchev–Trinajstić information content (AvgIpc) is 3.08. The summed E-state index contributed by atoms with van der Waals surface area (Å²) in [6, 6.07) is 3.12. The van der Waals surface area contributed by atoms with Crippen LogP contribution in [0.25, 0.3) is 11.0 Å². The van der Waals surface area contributed by atoms with Gasteiger partial charge in [0.1, 0.15) is 18.0 Å². The molecule has 1 fully saturated rings. The summed E-state index contributed by atoms with van der Waals surface area (Å²) in [6.07, 6.45) is 0. The van der Waals surface area contributed by atoms with Gasteiger partial charge >= 0.3 is 6.03 Å². The molecule has 1 aromatic heterocycles. The fraction of sp³-hybridized carbons (Fsp3) is 0.500. The van der Waals surface area contributed by atoms with E-state index in [9.17, 15) is 4.79 Å². The van der Waals surface area contributed by atoms with Crippen LogP contribution in [0.2, 0.25) is 0 Å². The molecule has 0 radical (unpaired) electrons. The molecule has 1 aliphatic heterocycles. The van der Waals surface area contributed by atoms with Crippen LogP contribution in [0.5, 0.6) is 11.5 Å². The average molecular weight is 306 g/mol. The number of carbonyl (C=O) groups excluding carboxylic acids is 1. The van der Waals surface area contributed by atoms with Gasteiger partial charge in [0, 0.05) is 12.1 Å². The van der Waals surface area contributed by atoms with Crippen LogP contribution in [0.3, 0.4) is 0 Å². The summed E-state index contributed by atoms with van der Waals surface area (Å²) in [4.78, 5) is 14.4. The van der Waals surface area contributed by atoms with Gasteiger partial charge in [0.25, 0.3) is 0 Å². The molecule has 8 nitrogen and oxygen atoms in total. The first-order valence-corrected chi connectivity index (χ1v) is 6.85. The maximum absolute atomic E-state index is 12.8. The molecule has 2 aromatic rings. The molecule has 2 heterocycles. The van der Waals surface area contributed by atoms with Gasteiger partial charge in [-0.25, -0.2) is 4.79 Å². The number of benzene rings is 1. The molecule has 0 atom stereocenters. The van der Waals surface area contributed by atoms with Crippen LogP contribution in [-0.2, 0) is 4.74 Å². The lowest BCUT2D eigenvalue weighted by atomic mass is 10.1. The molecule has 1 amide bonds. The number of methoxy groups -OCH3 is 2. The fourth-order valence-corrected chi connectivity index (χ4v) is 2.45. The van der Waals surface area contributed by atoms with E-state index >= 15 is 0 Å². The molecule has 0 bridgehead atoms. The second-order valence-corrected chi connectivity index (χ2v) is 5.70. The van der Waals surface area contributed by atoms with E-state index < -0.39 is 5.54 Å². The standard InChI is InChI=1S/C14H18N4O4/c1-14(2)7-22-8-17(14)13(19)18-10-5-9(20-3)6-11(21-4)12(10)15-16-18/h5-6H,7-8H2,1-4H3. The van der Waals surface area contributed by atoms with Crippen LogP contribution in [0.4, 0.5) is 4.79 Å². The maximum Gasteiger partial charge on any atom is 0.349 e. The van der Waals surface area contributed by atoms with E-state index in [2.05, 4.69) is 10.3 Å². The van der Waals surface area contributed by atoms with E-state index in [1.54, 1.807) is 24.1 Å². The van der Waals surface area contributed by atoms with Crippen molar-refractivity contribution in [2.24, 2.45) is 0 Å². The van der Waals surface area contributed by atoms with E-state index in [1.165, 1.54) is 11.8 Å². The fourth-order valence-electron chi connectivity index (χ4n) is 2.45. The Balaban J connectivity index is 2.09. The van der Waals surface area contributed by atoms with Crippen LogP contribution in [0.15, 0.2) is 12.1 Å². The Labute approximate surface area is 127 Å². The van der Waals surface area contributed by atoms with Crippen LogP contribution < -0.4 is 9.47 Å². The van der Waals surface area contributed by atoms with E-state index in [-0.39, 0.29) is 12.8 Å². The highest BCUT2D eigenvalue weighted by atomic mass is 16.5. The molecule has 0 saturated carbocycles. The quantitative estimate of drug-likeness (QED) is 0.836. The molecule has 118 valence electrons. The minimum absolute atomic E-state index is 0.230. The number of nitrogens with zero attached hydrogens (tertiary/aromatic N) is 4. The van der Waals surface area contributed by atoms with Crippen molar-refractivity contribution >= 4 is 17.1 Å². The van der Waals surface area contributed by atoms with Crippen LogP contribution in [-0.4, -0.2) is 59.0 Å². The summed E-state index contributed by atoms with van der Waals surface area (Å²) in [6.45, 7) is 4.60. The van der Waals surface area contributed by atoms with Crippen LogP contribution >= 0.6 is 0 Å². The molecular formula is C14H18N4O4. The molecule has 0 spiro atoms. The lowest BCUT2D eigenvalue weighted by Gasteiger charge is -2.28. The van der Waals surface area contributed by atoms with Gasteiger partial charge in [-0.15, -0.1) is 5.10 Å². The number of hydrogen-bond donors (Lipinski definition) is 0. The van der Waals surface area contributed by atoms with Crippen molar-refractivity contribution < 1.29 is 19.0 Å². The van der Waals surface area contributed by atoms with Gasteiger partial charge in [0.2, 0.25) is 0 Å². The maximum atomic E-state index is 12.8. The van der Waals surface area contributed by atoms with E-state index in [0.29, 0.717) is 29.1 Å². The zero-order chi connectivity index (χ0) is 15.9. The molecular weight excluding hydrogens is 288 g/mol. The van der Waals surface area contributed by atoms with Gasteiger partial charge in [-0.1, -0.05) is 5.21 Å². The number of aromatic nitrogens is 3. The number of carbonyl (C=O) groups is 1. The lowest BCUT2D eigenvalue weighted by molar-refractivity contribution is 0.138. The third-order valence-electron chi connectivity index (χ3n) is 3.76. The Bertz CT molecular complexity index is 725. The molecule has 0 aliphatic carbocycles. The van der Waals surface area contributed by atoms with E-state index in [4.69, 9.17) is 14.2 Å². The topological polar surface area (TPSA) is 78.7 Å². The molecule has 1 aromatic carbocycles. The number of fused-ring (bicyclic) bond motifs is 1. The van der Waals surface area contributed by atoms with Gasteiger partial charge in [-0.05, 0) is 13.8 Å². The monoisotopic (exact) mass is 306 g/mol. The predicted octanol–water partition coefficient (Wildman–Crippen LogP) is 1.48. The van der Waals surface area contributed by atoms with Crippen molar-refractivity contribution in [2.45, 2.75) is 19.4 Å². The molecule has 8 heteroatoms. The molecule has 1 aliphatic rings. The second kappa shape index (κ2) is 5.13. The van der Waals surface area contributed by atoms with Gasteiger partial charge in [-0.2, -0.15) is 4.68 Å². The minimum Gasteiger partial charge on any atom is -0.497 e. The zero-order valence-corrected chi connectivity index (χ0v) is 13.0. The summed E-state index contributed by atoms with van der Waals surface area (Å²) in [7, 11) is 3.08. The summed E-state index contributed by atoms with van der Waals surface area (Å²) < 4.78 is 17.2. The first kappa shape index (κ1) is 14.6. The smallest absolute Gasteiger partial charge is 0.349 e. The van der Waals surface area contributed by atoms with Crippen molar-refractivity contribution in [3.8, 4) is 11.5 Å².